The lowest BCUT2D eigenvalue weighted by atomic mass is 10.3. The Morgan fingerprint density at radius 1 is 1.35 bits per heavy atom. The highest BCUT2D eigenvalue weighted by molar-refractivity contribution is 5.29. The minimum atomic E-state index is 0.480. The zero-order valence-electron chi connectivity index (χ0n) is 9.84. The largest absolute Gasteiger partial charge is 0.436 e. The Balaban J connectivity index is 2.18. The first-order valence-electron chi connectivity index (χ1n) is 5.34. The quantitative estimate of drug-likeness (QED) is 0.866. The van der Waals surface area contributed by atoms with E-state index in [9.17, 15) is 0 Å². The smallest absolute Gasteiger partial charge is 0.238 e. The molecular weight excluding hydrogens is 216 g/mol. The fraction of sp³-hybridized carbons (Fsp3) is 0.250. The molecule has 17 heavy (non-hydrogen) atoms. The molecule has 0 radical (unpaired) electrons. The van der Waals surface area contributed by atoms with E-state index in [2.05, 4.69) is 20.3 Å². The zero-order chi connectivity index (χ0) is 12.1. The fourth-order valence-corrected chi connectivity index (χ4v) is 1.39. The van der Waals surface area contributed by atoms with Crippen molar-refractivity contribution in [2.75, 3.05) is 7.05 Å². The van der Waals surface area contributed by atoms with E-state index < -0.39 is 0 Å². The molecule has 0 fully saturated rings. The van der Waals surface area contributed by atoms with Gasteiger partial charge < -0.3 is 10.1 Å². The molecule has 0 saturated heterocycles. The van der Waals surface area contributed by atoms with Crippen molar-refractivity contribution >= 4 is 0 Å². The summed E-state index contributed by atoms with van der Waals surface area (Å²) in [7, 11) is 1.86. The van der Waals surface area contributed by atoms with Gasteiger partial charge in [-0.1, -0.05) is 0 Å². The van der Waals surface area contributed by atoms with Gasteiger partial charge in [0.05, 0.1) is 17.6 Å². The molecule has 5 nitrogen and oxygen atoms in total. The molecule has 2 aromatic heterocycles. The molecule has 0 aliphatic rings. The van der Waals surface area contributed by atoms with Crippen LogP contribution in [0.2, 0.25) is 0 Å². The molecule has 1 N–H and O–H groups in total. The van der Waals surface area contributed by atoms with Gasteiger partial charge in [0.25, 0.3) is 0 Å². The lowest BCUT2D eigenvalue weighted by Crippen LogP contribution is -2.07. The summed E-state index contributed by atoms with van der Waals surface area (Å²) in [5, 5.41) is 3.02. The standard InChI is InChI=1S/C12H14N4O/c1-9-11(4-3-5-15-9)17-12-8-14-7-10(16-12)6-13-2/h3-5,7-8,13H,6H2,1-2H3. The van der Waals surface area contributed by atoms with Crippen molar-refractivity contribution in [2.24, 2.45) is 0 Å². The van der Waals surface area contributed by atoms with Crippen LogP contribution in [-0.2, 0) is 6.54 Å². The van der Waals surface area contributed by atoms with Crippen LogP contribution in [0.1, 0.15) is 11.4 Å². The second kappa shape index (κ2) is 5.36. The molecule has 0 atom stereocenters. The van der Waals surface area contributed by atoms with E-state index in [4.69, 9.17) is 4.74 Å². The number of aryl methyl sites for hydroxylation is 1. The summed E-state index contributed by atoms with van der Waals surface area (Å²) in [6.45, 7) is 2.55. The maximum Gasteiger partial charge on any atom is 0.238 e. The molecule has 0 bridgehead atoms. The van der Waals surface area contributed by atoms with Crippen LogP contribution in [0.5, 0.6) is 11.6 Å². The highest BCUT2D eigenvalue weighted by atomic mass is 16.5. The van der Waals surface area contributed by atoms with Gasteiger partial charge in [-0.2, -0.15) is 0 Å². The van der Waals surface area contributed by atoms with Crippen molar-refractivity contribution in [2.45, 2.75) is 13.5 Å². The van der Waals surface area contributed by atoms with Gasteiger partial charge in [-0.3, -0.25) is 9.97 Å². The van der Waals surface area contributed by atoms with Crippen molar-refractivity contribution in [1.82, 2.24) is 20.3 Å². The van der Waals surface area contributed by atoms with E-state index in [1.54, 1.807) is 18.6 Å². The molecule has 0 aliphatic carbocycles. The number of hydrogen-bond donors (Lipinski definition) is 1. The minimum absolute atomic E-state index is 0.480. The molecule has 0 saturated carbocycles. The maximum absolute atomic E-state index is 5.63. The number of ether oxygens (including phenoxy) is 1. The first-order chi connectivity index (χ1) is 8.29. The summed E-state index contributed by atoms with van der Waals surface area (Å²) >= 11 is 0. The van der Waals surface area contributed by atoms with Gasteiger partial charge in [-0.25, -0.2) is 4.98 Å². The average molecular weight is 230 g/mol. The van der Waals surface area contributed by atoms with Crippen LogP contribution in [0.3, 0.4) is 0 Å². The lowest BCUT2D eigenvalue weighted by molar-refractivity contribution is 0.451. The number of nitrogens with one attached hydrogen (secondary N) is 1. The van der Waals surface area contributed by atoms with Crippen molar-refractivity contribution in [1.29, 1.82) is 0 Å². The topological polar surface area (TPSA) is 59.9 Å². The van der Waals surface area contributed by atoms with Crippen LogP contribution in [0, 0.1) is 6.92 Å². The van der Waals surface area contributed by atoms with Gasteiger partial charge in [-0.05, 0) is 26.1 Å². The van der Waals surface area contributed by atoms with Gasteiger partial charge in [0.1, 0.15) is 0 Å². The molecular formula is C12H14N4O. The number of pyridine rings is 1. The van der Waals surface area contributed by atoms with Gasteiger partial charge in [0.2, 0.25) is 5.88 Å². The number of hydrogen-bond acceptors (Lipinski definition) is 5. The van der Waals surface area contributed by atoms with E-state index in [-0.39, 0.29) is 0 Å². The number of aromatic nitrogens is 3. The summed E-state index contributed by atoms with van der Waals surface area (Å²) in [6, 6.07) is 3.68. The average Bonchev–Trinajstić information content (AvgIpc) is 2.33. The van der Waals surface area contributed by atoms with Crippen LogP contribution in [0.4, 0.5) is 0 Å². The predicted molar refractivity (Wildman–Crippen MR) is 63.8 cm³/mol. The SMILES string of the molecule is CNCc1cncc(Oc2cccnc2C)n1. The Kier molecular flexibility index (Phi) is 3.62. The van der Waals surface area contributed by atoms with Crippen LogP contribution in [0.25, 0.3) is 0 Å². The molecule has 0 aliphatic heterocycles. The van der Waals surface area contributed by atoms with Crippen molar-refractivity contribution in [3.63, 3.8) is 0 Å². The maximum atomic E-state index is 5.63. The normalized spacial score (nSPS) is 10.2. The summed E-state index contributed by atoms with van der Waals surface area (Å²) < 4.78 is 5.63. The minimum Gasteiger partial charge on any atom is -0.436 e. The van der Waals surface area contributed by atoms with Crippen molar-refractivity contribution in [3.8, 4) is 11.6 Å². The molecule has 5 heteroatoms. The molecule has 2 heterocycles. The zero-order valence-corrected chi connectivity index (χ0v) is 9.84. The van der Waals surface area contributed by atoms with Crippen LogP contribution >= 0.6 is 0 Å². The molecule has 88 valence electrons. The molecule has 0 amide bonds. The molecule has 2 aromatic rings. The molecule has 0 aromatic carbocycles. The van der Waals surface area contributed by atoms with Gasteiger partial charge in [-0.15, -0.1) is 0 Å². The summed E-state index contributed by atoms with van der Waals surface area (Å²) in [4.78, 5) is 12.6. The van der Waals surface area contributed by atoms with E-state index in [1.807, 2.05) is 26.1 Å². The molecule has 0 unspecified atom stereocenters. The summed E-state index contributed by atoms with van der Waals surface area (Å²) in [5.74, 6) is 1.18. The third-order valence-electron chi connectivity index (χ3n) is 2.19. The van der Waals surface area contributed by atoms with Crippen LogP contribution in [0.15, 0.2) is 30.7 Å². The molecule has 2 rings (SSSR count). The first-order valence-corrected chi connectivity index (χ1v) is 5.34. The monoisotopic (exact) mass is 230 g/mol. The Morgan fingerprint density at radius 3 is 3.00 bits per heavy atom. The van der Waals surface area contributed by atoms with E-state index in [0.29, 0.717) is 18.2 Å². The van der Waals surface area contributed by atoms with Crippen molar-refractivity contribution in [3.05, 3.63) is 42.1 Å². The highest BCUT2D eigenvalue weighted by Gasteiger charge is 2.03. The third-order valence-corrected chi connectivity index (χ3v) is 2.19. The lowest BCUT2D eigenvalue weighted by Gasteiger charge is -2.07. The second-order valence-electron chi connectivity index (χ2n) is 3.57. The Hall–Kier alpha value is -2.01. The van der Waals surface area contributed by atoms with E-state index in [0.717, 1.165) is 11.4 Å². The second-order valence-corrected chi connectivity index (χ2v) is 3.57. The van der Waals surface area contributed by atoms with E-state index in [1.165, 1.54) is 0 Å². The van der Waals surface area contributed by atoms with Crippen LogP contribution < -0.4 is 10.1 Å². The highest BCUT2D eigenvalue weighted by Crippen LogP contribution is 2.20. The summed E-state index contributed by atoms with van der Waals surface area (Å²) in [5.41, 5.74) is 1.67. The van der Waals surface area contributed by atoms with E-state index >= 15 is 0 Å². The van der Waals surface area contributed by atoms with Gasteiger partial charge in [0.15, 0.2) is 5.75 Å². The van der Waals surface area contributed by atoms with Crippen LogP contribution in [-0.4, -0.2) is 22.0 Å². The number of nitrogens with zero attached hydrogens (tertiary/aromatic N) is 3. The Bertz CT molecular complexity index is 501. The van der Waals surface area contributed by atoms with Gasteiger partial charge >= 0.3 is 0 Å². The Labute approximate surface area is 99.9 Å². The van der Waals surface area contributed by atoms with Gasteiger partial charge in [0, 0.05) is 18.9 Å². The number of rotatable bonds is 4. The molecule has 0 spiro atoms. The fourth-order valence-electron chi connectivity index (χ4n) is 1.39. The third kappa shape index (κ3) is 2.98. The first kappa shape index (κ1) is 11.5. The summed E-state index contributed by atoms with van der Waals surface area (Å²) in [6.07, 6.45) is 5.02. The van der Waals surface area contributed by atoms with Crippen molar-refractivity contribution < 1.29 is 4.74 Å². The predicted octanol–water partition coefficient (Wildman–Crippen LogP) is 1.69. The Morgan fingerprint density at radius 2 is 2.24 bits per heavy atom.